The molecule has 0 radical (unpaired) electrons. The molecule has 1 aromatic rings. The van der Waals surface area contributed by atoms with Crippen LogP contribution in [0.4, 0.5) is 0 Å². The Hall–Kier alpha value is -2.76. The number of rotatable bonds is 5. The van der Waals surface area contributed by atoms with Gasteiger partial charge in [0.15, 0.2) is 12.4 Å². The molecule has 4 aliphatic carbocycles. The molecule has 6 atom stereocenters. The molecular formula is C21H19NO5. The maximum atomic E-state index is 12.8. The van der Waals surface area contributed by atoms with Crippen LogP contribution in [0.25, 0.3) is 0 Å². The average Bonchev–Trinajstić information content (AvgIpc) is 3.48. The number of ketones is 1. The summed E-state index contributed by atoms with van der Waals surface area (Å²) >= 11 is 0. The van der Waals surface area contributed by atoms with Gasteiger partial charge in [-0.25, -0.2) is 0 Å². The highest BCUT2D eigenvalue weighted by atomic mass is 16.5. The van der Waals surface area contributed by atoms with Crippen molar-refractivity contribution in [3.63, 3.8) is 0 Å². The predicted molar refractivity (Wildman–Crippen MR) is 93.1 cm³/mol. The van der Waals surface area contributed by atoms with Gasteiger partial charge in [0.05, 0.1) is 11.8 Å². The molecule has 0 aromatic heterocycles. The molecule has 0 unspecified atom stereocenters. The number of Topliss-reactive ketones (excluding diaryl/α,β-unsaturated/α-hetero) is 1. The van der Waals surface area contributed by atoms with E-state index in [1.54, 1.807) is 30.3 Å². The van der Waals surface area contributed by atoms with E-state index in [-0.39, 0.29) is 41.3 Å². The minimum Gasteiger partial charge on any atom is -0.456 e. The van der Waals surface area contributed by atoms with Crippen molar-refractivity contribution in [2.45, 2.75) is 6.42 Å². The summed E-state index contributed by atoms with van der Waals surface area (Å²) in [5, 5.41) is 0. The van der Waals surface area contributed by atoms with Crippen molar-refractivity contribution in [2.75, 3.05) is 13.2 Å². The van der Waals surface area contributed by atoms with Crippen molar-refractivity contribution < 1.29 is 23.9 Å². The molecule has 0 spiro atoms. The zero-order valence-electron chi connectivity index (χ0n) is 14.6. The number of hydrogen-bond donors (Lipinski definition) is 0. The van der Waals surface area contributed by atoms with Crippen molar-refractivity contribution in [3.05, 3.63) is 48.0 Å². The number of ether oxygens (including phenoxy) is 1. The summed E-state index contributed by atoms with van der Waals surface area (Å²) in [6.07, 6.45) is 5.27. The number of carbonyl (C=O) groups excluding carboxylic acids is 4. The summed E-state index contributed by atoms with van der Waals surface area (Å²) in [6, 6.07) is 8.53. The fourth-order valence-corrected chi connectivity index (χ4v) is 5.20. The van der Waals surface area contributed by atoms with Gasteiger partial charge in [0.25, 0.3) is 0 Å². The zero-order chi connectivity index (χ0) is 18.7. The van der Waals surface area contributed by atoms with Gasteiger partial charge in [-0.2, -0.15) is 0 Å². The molecule has 2 bridgehead atoms. The largest absolute Gasteiger partial charge is 0.456 e. The smallest absolute Gasteiger partial charge is 0.326 e. The molecule has 1 saturated heterocycles. The molecule has 2 saturated carbocycles. The Balaban J connectivity index is 1.23. The van der Waals surface area contributed by atoms with Gasteiger partial charge in [0, 0.05) is 5.56 Å². The molecule has 5 aliphatic rings. The minimum absolute atomic E-state index is 0.127. The summed E-state index contributed by atoms with van der Waals surface area (Å²) < 4.78 is 5.02. The maximum Gasteiger partial charge on any atom is 0.326 e. The van der Waals surface area contributed by atoms with Gasteiger partial charge < -0.3 is 4.74 Å². The van der Waals surface area contributed by atoms with E-state index in [0.29, 0.717) is 17.4 Å². The first-order chi connectivity index (χ1) is 13.1. The zero-order valence-corrected chi connectivity index (χ0v) is 14.6. The quantitative estimate of drug-likeness (QED) is 0.342. The van der Waals surface area contributed by atoms with E-state index in [0.717, 1.165) is 11.3 Å². The van der Waals surface area contributed by atoms with Crippen LogP contribution >= 0.6 is 0 Å². The second kappa shape index (κ2) is 5.87. The van der Waals surface area contributed by atoms with Gasteiger partial charge in [0.2, 0.25) is 11.8 Å². The normalized spacial score (nSPS) is 35.0. The molecule has 1 aromatic carbocycles. The lowest BCUT2D eigenvalue weighted by Gasteiger charge is -2.37. The van der Waals surface area contributed by atoms with Crippen LogP contribution in [-0.2, 0) is 19.1 Å². The van der Waals surface area contributed by atoms with Gasteiger partial charge >= 0.3 is 5.97 Å². The third kappa shape index (κ3) is 2.46. The van der Waals surface area contributed by atoms with Crippen molar-refractivity contribution in [1.29, 1.82) is 0 Å². The topological polar surface area (TPSA) is 80.8 Å². The first-order valence-electron chi connectivity index (χ1n) is 9.33. The van der Waals surface area contributed by atoms with Gasteiger partial charge in [-0.05, 0) is 30.1 Å². The lowest BCUT2D eigenvalue weighted by atomic mass is 9.63. The highest BCUT2D eigenvalue weighted by Crippen LogP contribution is 2.65. The number of amides is 2. The highest BCUT2D eigenvalue weighted by Gasteiger charge is 2.67. The Morgan fingerprint density at radius 3 is 2.15 bits per heavy atom. The summed E-state index contributed by atoms with van der Waals surface area (Å²) in [4.78, 5) is 50.8. The summed E-state index contributed by atoms with van der Waals surface area (Å²) in [5.74, 6) is -0.928. The summed E-state index contributed by atoms with van der Waals surface area (Å²) in [6.45, 7) is -0.815. The van der Waals surface area contributed by atoms with Crippen LogP contribution in [-0.4, -0.2) is 41.6 Å². The van der Waals surface area contributed by atoms with Gasteiger partial charge in [-0.3, -0.25) is 24.1 Å². The van der Waals surface area contributed by atoms with E-state index in [1.807, 2.05) is 0 Å². The lowest BCUT2D eigenvalue weighted by Crippen LogP contribution is -2.40. The number of carbonyl (C=O) groups is 4. The first kappa shape index (κ1) is 16.4. The van der Waals surface area contributed by atoms with Gasteiger partial charge in [0.1, 0.15) is 6.54 Å². The minimum atomic E-state index is -0.731. The molecule has 6 nitrogen and oxygen atoms in total. The second-order valence-corrected chi connectivity index (χ2v) is 7.87. The first-order valence-corrected chi connectivity index (χ1v) is 9.33. The number of allylic oxidation sites excluding steroid dienone is 2. The standard InChI is InChI=1S/C21H19NO5/c23-16(11-4-2-1-3-5-11)10-27-17(24)9-22-20(25)18-12-6-7-13(15-8-14(12)15)19(18)21(22)26/h1-7,12-15,18-19H,8-10H2/t12-,13-,14-,15+,18-,19-/m1/s1. The van der Waals surface area contributed by atoms with E-state index < -0.39 is 19.1 Å². The summed E-state index contributed by atoms with van der Waals surface area (Å²) in [5.41, 5.74) is 0.450. The third-order valence-corrected chi connectivity index (χ3v) is 6.50. The van der Waals surface area contributed by atoms with Crippen LogP contribution in [0.1, 0.15) is 16.8 Å². The summed E-state index contributed by atoms with van der Waals surface area (Å²) in [7, 11) is 0. The van der Waals surface area contributed by atoms with Crippen molar-refractivity contribution in [2.24, 2.45) is 35.5 Å². The fraction of sp³-hybridized carbons (Fsp3) is 0.429. The molecule has 2 amide bonds. The van der Waals surface area contributed by atoms with Crippen LogP contribution < -0.4 is 0 Å². The van der Waals surface area contributed by atoms with Crippen LogP contribution in [0.15, 0.2) is 42.5 Å². The molecule has 138 valence electrons. The fourth-order valence-electron chi connectivity index (χ4n) is 5.20. The Labute approximate surface area is 156 Å². The van der Waals surface area contributed by atoms with Crippen LogP contribution in [0.5, 0.6) is 0 Å². The van der Waals surface area contributed by atoms with Crippen molar-refractivity contribution in [3.8, 4) is 0 Å². The Morgan fingerprint density at radius 1 is 0.963 bits per heavy atom. The number of likely N-dealkylation sites (tertiary alicyclic amines) is 1. The van der Waals surface area contributed by atoms with E-state index in [2.05, 4.69) is 12.2 Å². The number of nitrogens with zero attached hydrogens (tertiary/aromatic N) is 1. The molecule has 27 heavy (non-hydrogen) atoms. The molecule has 0 N–H and O–H groups in total. The van der Waals surface area contributed by atoms with E-state index in [9.17, 15) is 19.2 Å². The molecule has 1 heterocycles. The lowest BCUT2D eigenvalue weighted by molar-refractivity contribution is -0.152. The van der Waals surface area contributed by atoms with E-state index >= 15 is 0 Å². The molecule has 6 rings (SSSR count). The number of hydrogen-bond acceptors (Lipinski definition) is 5. The van der Waals surface area contributed by atoms with Gasteiger partial charge in [-0.1, -0.05) is 42.5 Å². The Bertz CT molecular complexity index is 840. The molecule has 3 fully saturated rings. The molecular weight excluding hydrogens is 346 g/mol. The number of imide groups is 1. The Kier molecular flexibility index (Phi) is 3.57. The van der Waals surface area contributed by atoms with Crippen LogP contribution in [0, 0.1) is 35.5 Å². The van der Waals surface area contributed by atoms with Crippen molar-refractivity contribution in [1.82, 2.24) is 4.90 Å². The SMILES string of the molecule is O=C(CN1C(=O)[C@@H]2[C@@H]3C=C[C@H]([C@@H]4C[C@H]34)[C@H]2C1=O)OCC(=O)c1ccccc1. The number of esters is 1. The van der Waals surface area contributed by atoms with Crippen LogP contribution in [0.3, 0.4) is 0 Å². The average molecular weight is 365 g/mol. The van der Waals surface area contributed by atoms with E-state index in [4.69, 9.17) is 4.74 Å². The maximum absolute atomic E-state index is 12.8. The van der Waals surface area contributed by atoms with Crippen molar-refractivity contribution >= 4 is 23.6 Å². The highest BCUT2D eigenvalue weighted by molar-refractivity contribution is 6.08. The second-order valence-electron chi connectivity index (χ2n) is 7.87. The van der Waals surface area contributed by atoms with E-state index in [1.165, 1.54) is 0 Å². The molecule has 1 aliphatic heterocycles. The Morgan fingerprint density at radius 2 is 1.56 bits per heavy atom. The monoisotopic (exact) mass is 365 g/mol. The van der Waals surface area contributed by atoms with Gasteiger partial charge in [-0.15, -0.1) is 0 Å². The third-order valence-electron chi connectivity index (χ3n) is 6.50. The number of benzene rings is 1. The molecule has 6 heteroatoms. The predicted octanol–water partition coefficient (Wildman–Crippen LogP) is 1.47. The van der Waals surface area contributed by atoms with Crippen LogP contribution in [0.2, 0.25) is 0 Å².